The lowest BCUT2D eigenvalue weighted by molar-refractivity contribution is -0.114. The number of methoxy groups -OCH3 is 1. The van der Waals surface area contributed by atoms with Gasteiger partial charge in [-0.05, 0) is 36.8 Å². The molecular formula is C21H28N4O3. The average Bonchev–Trinajstić information content (AvgIpc) is 2.68. The first-order valence-corrected chi connectivity index (χ1v) is 9.10. The summed E-state index contributed by atoms with van der Waals surface area (Å²) < 4.78 is 11.0. The Kier molecular flexibility index (Phi) is 8.14. The molecule has 0 unspecified atom stereocenters. The molecule has 3 N–H and O–H groups in total. The van der Waals surface area contributed by atoms with Crippen molar-refractivity contribution >= 4 is 17.6 Å². The zero-order chi connectivity index (χ0) is 20.4. The van der Waals surface area contributed by atoms with E-state index in [0.29, 0.717) is 37.1 Å². The first-order valence-electron chi connectivity index (χ1n) is 9.10. The molecule has 7 nitrogen and oxygen atoms in total. The van der Waals surface area contributed by atoms with Crippen LogP contribution in [-0.4, -0.2) is 39.2 Å². The van der Waals surface area contributed by atoms with Gasteiger partial charge in [0.1, 0.15) is 18.1 Å². The van der Waals surface area contributed by atoms with E-state index in [1.165, 1.54) is 12.5 Å². The van der Waals surface area contributed by atoms with Crippen molar-refractivity contribution in [1.29, 1.82) is 0 Å². The van der Waals surface area contributed by atoms with Gasteiger partial charge in [-0.1, -0.05) is 23.8 Å². The van der Waals surface area contributed by atoms with E-state index in [-0.39, 0.29) is 5.91 Å². The van der Waals surface area contributed by atoms with E-state index < -0.39 is 0 Å². The van der Waals surface area contributed by atoms with Crippen LogP contribution in [0.4, 0.5) is 5.69 Å². The van der Waals surface area contributed by atoms with Crippen LogP contribution in [0.15, 0.2) is 47.5 Å². The van der Waals surface area contributed by atoms with E-state index >= 15 is 0 Å². The molecule has 2 rings (SSSR count). The summed E-state index contributed by atoms with van der Waals surface area (Å²) in [6, 6.07) is 13.6. The molecule has 0 bridgehead atoms. The van der Waals surface area contributed by atoms with Crippen LogP contribution in [-0.2, 0) is 11.3 Å². The van der Waals surface area contributed by atoms with E-state index in [1.807, 2.05) is 49.4 Å². The largest absolute Gasteiger partial charge is 0.495 e. The zero-order valence-corrected chi connectivity index (χ0v) is 16.8. The van der Waals surface area contributed by atoms with Crippen molar-refractivity contribution in [3.63, 3.8) is 0 Å². The van der Waals surface area contributed by atoms with Gasteiger partial charge in [-0.15, -0.1) is 0 Å². The third-order valence-electron chi connectivity index (χ3n) is 3.94. The van der Waals surface area contributed by atoms with Gasteiger partial charge in [-0.25, -0.2) is 0 Å². The minimum absolute atomic E-state index is 0.144. The molecule has 0 saturated heterocycles. The Morgan fingerprint density at radius 3 is 2.50 bits per heavy atom. The summed E-state index contributed by atoms with van der Waals surface area (Å²) in [5.41, 5.74) is 2.84. The van der Waals surface area contributed by atoms with Crippen LogP contribution in [0.25, 0.3) is 0 Å². The molecule has 2 aromatic rings. The molecule has 150 valence electrons. The van der Waals surface area contributed by atoms with Crippen molar-refractivity contribution in [3.8, 4) is 11.5 Å². The summed E-state index contributed by atoms with van der Waals surface area (Å²) in [7, 11) is 3.29. The number of anilines is 1. The van der Waals surface area contributed by atoms with Gasteiger partial charge < -0.3 is 25.4 Å². The topological polar surface area (TPSA) is 84.0 Å². The first-order chi connectivity index (χ1) is 13.5. The summed E-state index contributed by atoms with van der Waals surface area (Å²) >= 11 is 0. The molecule has 0 radical (unpaired) electrons. The number of carbonyl (C=O) groups is 1. The van der Waals surface area contributed by atoms with Crippen molar-refractivity contribution < 1.29 is 14.3 Å². The normalized spacial score (nSPS) is 10.9. The standard InChI is InChI=1S/C21H28N4O3/c1-15-5-8-18(9-6-15)28-12-11-23-21(22-3)24-14-17-7-10-20(27-4)19(13-17)25-16(2)26/h5-10,13H,11-12,14H2,1-4H3,(H,25,26)(H2,22,23,24). The van der Waals surface area contributed by atoms with Gasteiger partial charge in [-0.2, -0.15) is 0 Å². The average molecular weight is 384 g/mol. The minimum Gasteiger partial charge on any atom is -0.495 e. The van der Waals surface area contributed by atoms with Gasteiger partial charge in [0.25, 0.3) is 0 Å². The van der Waals surface area contributed by atoms with Gasteiger partial charge in [-0.3, -0.25) is 9.79 Å². The number of aliphatic imine (C=N–C) groups is 1. The Balaban J connectivity index is 1.81. The monoisotopic (exact) mass is 384 g/mol. The van der Waals surface area contributed by atoms with Gasteiger partial charge in [0, 0.05) is 20.5 Å². The fourth-order valence-electron chi connectivity index (χ4n) is 2.53. The van der Waals surface area contributed by atoms with Crippen LogP contribution < -0.4 is 25.4 Å². The van der Waals surface area contributed by atoms with E-state index in [9.17, 15) is 4.79 Å². The molecule has 0 spiro atoms. The highest BCUT2D eigenvalue weighted by atomic mass is 16.5. The van der Waals surface area contributed by atoms with E-state index in [4.69, 9.17) is 9.47 Å². The Labute approximate surface area is 166 Å². The molecule has 7 heteroatoms. The number of hydrogen-bond donors (Lipinski definition) is 3. The Morgan fingerprint density at radius 2 is 1.86 bits per heavy atom. The van der Waals surface area contributed by atoms with Crippen LogP contribution >= 0.6 is 0 Å². The number of nitrogens with zero attached hydrogens (tertiary/aromatic N) is 1. The quantitative estimate of drug-likeness (QED) is 0.370. The molecule has 0 saturated carbocycles. The Bertz CT molecular complexity index is 804. The highest BCUT2D eigenvalue weighted by molar-refractivity contribution is 5.90. The van der Waals surface area contributed by atoms with Crippen LogP contribution in [0.3, 0.4) is 0 Å². The number of ether oxygens (including phenoxy) is 2. The second kappa shape index (κ2) is 10.8. The molecule has 0 aromatic heterocycles. The van der Waals surface area contributed by atoms with Gasteiger partial charge in [0.2, 0.25) is 5.91 Å². The number of aryl methyl sites for hydroxylation is 1. The highest BCUT2D eigenvalue weighted by Gasteiger charge is 2.07. The zero-order valence-electron chi connectivity index (χ0n) is 16.8. The minimum atomic E-state index is -0.144. The molecule has 0 aliphatic heterocycles. The Morgan fingerprint density at radius 1 is 1.11 bits per heavy atom. The number of rotatable bonds is 8. The molecular weight excluding hydrogens is 356 g/mol. The number of benzene rings is 2. The van der Waals surface area contributed by atoms with E-state index in [0.717, 1.165) is 11.3 Å². The van der Waals surface area contributed by atoms with Gasteiger partial charge >= 0.3 is 0 Å². The van der Waals surface area contributed by atoms with Crippen molar-refractivity contribution in [2.45, 2.75) is 20.4 Å². The molecule has 28 heavy (non-hydrogen) atoms. The third-order valence-corrected chi connectivity index (χ3v) is 3.94. The van der Waals surface area contributed by atoms with Crippen molar-refractivity contribution in [2.75, 3.05) is 32.6 Å². The smallest absolute Gasteiger partial charge is 0.221 e. The number of nitrogens with one attached hydrogen (secondary N) is 3. The van der Waals surface area contributed by atoms with E-state index in [1.54, 1.807) is 14.2 Å². The Hall–Kier alpha value is -3.22. The molecule has 2 aromatic carbocycles. The summed E-state index contributed by atoms with van der Waals surface area (Å²) in [5.74, 6) is 1.99. The maximum absolute atomic E-state index is 11.3. The SMILES string of the molecule is CN=C(NCCOc1ccc(C)cc1)NCc1ccc(OC)c(NC(C)=O)c1. The third kappa shape index (κ3) is 6.83. The summed E-state index contributed by atoms with van der Waals surface area (Å²) in [5, 5.41) is 9.22. The van der Waals surface area contributed by atoms with Gasteiger partial charge in [0.15, 0.2) is 5.96 Å². The maximum Gasteiger partial charge on any atom is 0.221 e. The summed E-state index contributed by atoms with van der Waals surface area (Å²) in [6.07, 6.45) is 0. The fraction of sp³-hybridized carbons (Fsp3) is 0.333. The summed E-state index contributed by atoms with van der Waals surface area (Å²) in [4.78, 5) is 15.6. The van der Waals surface area contributed by atoms with Crippen LogP contribution in [0, 0.1) is 6.92 Å². The van der Waals surface area contributed by atoms with E-state index in [2.05, 4.69) is 20.9 Å². The first kappa shape index (κ1) is 21.1. The van der Waals surface area contributed by atoms with Crippen LogP contribution in [0.2, 0.25) is 0 Å². The molecule has 0 aliphatic rings. The molecule has 0 fully saturated rings. The number of amides is 1. The summed E-state index contributed by atoms with van der Waals surface area (Å²) in [6.45, 7) is 5.21. The molecule has 0 atom stereocenters. The second-order valence-electron chi connectivity index (χ2n) is 6.23. The van der Waals surface area contributed by atoms with Crippen LogP contribution in [0.1, 0.15) is 18.1 Å². The number of carbonyl (C=O) groups excluding carboxylic acids is 1. The van der Waals surface area contributed by atoms with Gasteiger partial charge in [0.05, 0.1) is 19.3 Å². The van der Waals surface area contributed by atoms with Crippen molar-refractivity contribution in [1.82, 2.24) is 10.6 Å². The van der Waals surface area contributed by atoms with Crippen molar-refractivity contribution in [3.05, 3.63) is 53.6 Å². The van der Waals surface area contributed by atoms with Crippen molar-refractivity contribution in [2.24, 2.45) is 4.99 Å². The molecule has 0 aliphatic carbocycles. The second-order valence-corrected chi connectivity index (χ2v) is 6.23. The lowest BCUT2D eigenvalue weighted by Gasteiger charge is -2.14. The predicted octanol–water partition coefficient (Wildman–Crippen LogP) is 2.71. The fourth-order valence-corrected chi connectivity index (χ4v) is 2.53. The highest BCUT2D eigenvalue weighted by Crippen LogP contribution is 2.25. The molecule has 0 heterocycles. The predicted molar refractivity (Wildman–Crippen MR) is 112 cm³/mol. The maximum atomic E-state index is 11.3. The number of guanidine groups is 1. The molecule has 1 amide bonds. The lowest BCUT2D eigenvalue weighted by Crippen LogP contribution is -2.38. The lowest BCUT2D eigenvalue weighted by atomic mass is 10.2. The van der Waals surface area contributed by atoms with Crippen LogP contribution in [0.5, 0.6) is 11.5 Å². The number of hydrogen-bond acceptors (Lipinski definition) is 4.